The lowest BCUT2D eigenvalue weighted by Gasteiger charge is -2.34. The first-order valence-corrected chi connectivity index (χ1v) is 7.22. The van der Waals surface area contributed by atoms with Crippen LogP contribution >= 0.6 is 11.8 Å². The summed E-state index contributed by atoms with van der Waals surface area (Å²) in [5.41, 5.74) is 0.514. The minimum Gasteiger partial charge on any atom is -0.480 e. The SMILES string of the molecule is O=C(O)C1CSCCN1c1ccc([N+](=O)[O-])c2nonc12. The first-order valence-electron chi connectivity index (χ1n) is 6.06. The summed E-state index contributed by atoms with van der Waals surface area (Å²) >= 11 is 1.56. The van der Waals surface area contributed by atoms with Crippen LogP contribution in [0, 0.1) is 10.1 Å². The van der Waals surface area contributed by atoms with Gasteiger partial charge >= 0.3 is 11.7 Å². The van der Waals surface area contributed by atoms with Crippen molar-refractivity contribution in [2.75, 3.05) is 23.0 Å². The van der Waals surface area contributed by atoms with Gasteiger partial charge in [0.2, 0.25) is 5.52 Å². The highest BCUT2D eigenvalue weighted by atomic mass is 32.2. The third-order valence-corrected chi connectivity index (χ3v) is 4.32. The number of fused-ring (bicyclic) bond motifs is 1. The van der Waals surface area contributed by atoms with Gasteiger partial charge in [0, 0.05) is 24.1 Å². The second-order valence-electron chi connectivity index (χ2n) is 4.44. The number of non-ortho nitro benzene ring substituents is 1. The number of nitro groups is 1. The molecule has 0 saturated carbocycles. The normalized spacial score (nSPS) is 18.9. The van der Waals surface area contributed by atoms with Gasteiger partial charge in [0.15, 0.2) is 5.52 Å². The van der Waals surface area contributed by atoms with Crippen molar-refractivity contribution in [3.8, 4) is 0 Å². The lowest BCUT2D eigenvalue weighted by molar-refractivity contribution is -0.383. The Morgan fingerprint density at radius 1 is 1.48 bits per heavy atom. The van der Waals surface area contributed by atoms with E-state index in [1.165, 1.54) is 12.1 Å². The highest BCUT2D eigenvalue weighted by molar-refractivity contribution is 7.99. The third kappa shape index (κ3) is 2.27. The Labute approximate surface area is 122 Å². The third-order valence-electron chi connectivity index (χ3n) is 3.29. The number of aliphatic carboxylic acids is 1. The molecule has 1 N–H and O–H groups in total. The molecule has 2 aromatic rings. The molecule has 10 heteroatoms. The molecule has 0 radical (unpaired) electrons. The van der Waals surface area contributed by atoms with E-state index >= 15 is 0 Å². The van der Waals surface area contributed by atoms with Crippen LogP contribution in [-0.2, 0) is 4.79 Å². The van der Waals surface area contributed by atoms with Crippen molar-refractivity contribution >= 4 is 40.1 Å². The highest BCUT2D eigenvalue weighted by Gasteiger charge is 2.32. The van der Waals surface area contributed by atoms with Crippen LogP contribution in [0.15, 0.2) is 16.8 Å². The van der Waals surface area contributed by atoms with E-state index in [1.807, 2.05) is 0 Å². The smallest absolute Gasteiger partial charge is 0.327 e. The Morgan fingerprint density at radius 2 is 2.24 bits per heavy atom. The minimum absolute atomic E-state index is 0.0277. The van der Waals surface area contributed by atoms with Gasteiger partial charge in [0.25, 0.3) is 0 Å². The van der Waals surface area contributed by atoms with Crippen molar-refractivity contribution in [2.45, 2.75) is 6.04 Å². The van der Waals surface area contributed by atoms with Crippen molar-refractivity contribution in [1.82, 2.24) is 10.3 Å². The van der Waals surface area contributed by atoms with E-state index in [2.05, 4.69) is 14.9 Å². The molecule has 1 atom stereocenters. The number of carbonyl (C=O) groups is 1. The number of nitro benzene ring substituents is 1. The second-order valence-corrected chi connectivity index (χ2v) is 5.59. The molecule has 9 nitrogen and oxygen atoms in total. The first kappa shape index (κ1) is 13.6. The van der Waals surface area contributed by atoms with Gasteiger partial charge in [-0.25, -0.2) is 9.42 Å². The van der Waals surface area contributed by atoms with Gasteiger partial charge < -0.3 is 10.0 Å². The van der Waals surface area contributed by atoms with Crippen molar-refractivity contribution in [3.05, 3.63) is 22.2 Å². The fourth-order valence-corrected chi connectivity index (χ4v) is 3.35. The van der Waals surface area contributed by atoms with Gasteiger partial charge in [0.05, 0.1) is 10.6 Å². The number of carboxylic acid groups (broad SMARTS) is 1. The molecule has 1 unspecified atom stereocenters. The molecular formula is C11H10N4O5S. The summed E-state index contributed by atoms with van der Waals surface area (Å²) in [5.74, 6) is 0.275. The number of benzene rings is 1. The van der Waals surface area contributed by atoms with Crippen LogP contribution in [0.2, 0.25) is 0 Å². The Kier molecular flexibility index (Phi) is 3.37. The van der Waals surface area contributed by atoms with Crippen LogP contribution in [-0.4, -0.2) is 50.4 Å². The zero-order valence-corrected chi connectivity index (χ0v) is 11.4. The molecule has 1 aliphatic rings. The average Bonchev–Trinajstić information content (AvgIpc) is 2.95. The monoisotopic (exact) mass is 310 g/mol. The Balaban J connectivity index is 2.12. The summed E-state index contributed by atoms with van der Waals surface area (Å²) in [7, 11) is 0. The van der Waals surface area contributed by atoms with Crippen LogP contribution in [0.5, 0.6) is 0 Å². The number of carboxylic acids is 1. The van der Waals surface area contributed by atoms with Crippen LogP contribution in [0.25, 0.3) is 11.0 Å². The standard InChI is InChI=1S/C11H10N4O5S/c16-11(17)8-5-21-4-3-14(8)6-1-2-7(15(18)19)10-9(6)12-20-13-10/h1-2,8H,3-5H2,(H,16,17). The summed E-state index contributed by atoms with van der Waals surface area (Å²) in [6, 6.07) is 2.09. The molecular weight excluding hydrogens is 300 g/mol. The lowest BCUT2D eigenvalue weighted by Crippen LogP contribution is -2.47. The maximum Gasteiger partial charge on any atom is 0.327 e. The van der Waals surface area contributed by atoms with Crippen molar-refractivity contribution in [2.24, 2.45) is 0 Å². The molecule has 1 aromatic carbocycles. The van der Waals surface area contributed by atoms with Crippen molar-refractivity contribution in [3.63, 3.8) is 0 Å². The molecule has 1 aromatic heterocycles. The molecule has 0 amide bonds. The molecule has 3 rings (SSSR count). The predicted octanol–water partition coefficient (Wildman–Crippen LogP) is 1.14. The summed E-state index contributed by atoms with van der Waals surface area (Å²) in [4.78, 5) is 23.4. The summed E-state index contributed by atoms with van der Waals surface area (Å²) in [6.07, 6.45) is 0. The maximum atomic E-state index is 11.4. The van der Waals surface area contributed by atoms with E-state index in [-0.39, 0.29) is 16.7 Å². The van der Waals surface area contributed by atoms with Crippen LogP contribution in [0.4, 0.5) is 11.4 Å². The highest BCUT2D eigenvalue weighted by Crippen LogP contribution is 2.34. The quantitative estimate of drug-likeness (QED) is 0.656. The zero-order chi connectivity index (χ0) is 15.0. The molecule has 1 aliphatic heterocycles. The topological polar surface area (TPSA) is 123 Å². The Hall–Kier alpha value is -2.36. The fourth-order valence-electron chi connectivity index (χ4n) is 2.32. The molecule has 110 valence electrons. The van der Waals surface area contributed by atoms with Crippen LogP contribution < -0.4 is 4.90 Å². The summed E-state index contributed by atoms with van der Waals surface area (Å²) in [5, 5.41) is 27.5. The lowest BCUT2D eigenvalue weighted by atomic mass is 10.1. The van der Waals surface area contributed by atoms with Gasteiger partial charge in [-0.05, 0) is 16.4 Å². The van der Waals surface area contributed by atoms with Gasteiger partial charge in [-0.2, -0.15) is 11.8 Å². The van der Waals surface area contributed by atoms with Gasteiger partial charge in [-0.3, -0.25) is 10.1 Å². The fraction of sp³-hybridized carbons (Fsp3) is 0.364. The van der Waals surface area contributed by atoms with Gasteiger partial charge in [-0.1, -0.05) is 0 Å². The van der Waals surface area contributed by atoms with Crippen LogP contribution in [0.3, 0.4) is 0 Å². The molecule has 2 heterocycles. The van der Waals surface area contributed by atoms with E-state index in [4.69, 9.17) is 0 Å². The zero-order valence-electron chi connectivity index (χ0n) is 10.6. The van der Waals surface area contributed by atoms with E-state index in [0.29, 0.717) is 18.0 Å². The van der Waals surface area contributed by atoms with E-state index in [9.17, 15) is 20.0 Å². The largest absolute Gasteiger partial charge is 0.480 e. The van der Waals surface area contributed by atoms with Gasteiger partial charge in [0.1, 0.15) is 6.04 Å². The number of rotatable bonds is 3. The van der Waals surface area contributed by atoms with E-state index < -0.39 is 16.9 Å². The number of aromatic nitrogens is 2. The first-order chi connectivity index (χ1) is 10.1. The summed E-state index contributed by atoms with van der Waals surface area (Å²) in [6.45, 7) is 0.515. The predicted molar refractivity (Wildman–Crippen MR) is 74.6 cm³/mol. The molecule has 0 aliphatic carbocycles. The number of anilines is 1. The summed E-state index contributed by atoms with van der Waals surface area (Å²) < 4.78 is 4.60. The maximum absolute atomic E-state index is 11.4. The Morgan fingerprint density at radius 3 is 2.95 bits per heavy atom. The van der Waals surface area contributed by atoms with Crippen molar-refractivity contribution < 1.29 is 19.5 Å². The Bertz CT molecular complexity index is 718. The van der Waals surface area contributed by atoms with Gasteiger partial charge in [-0.15, -0.1) is 0 Å². The average molecular weight is 310 g/mol. The molecule has 0 bridgehead atoms. The number of hydrogen-bond acceptors (Lipinski definition) is 8. The van der Waals surface area contributed by atoms with E-state index in [1.54, 1.807) is 16.7 Å². The van der Waals surface area contributed by atoms with Crippen LogP contribution in [0.1, 0.15) is 0 Å². The number of hydrogen-bond donors (Lipinski definition) is 1. The molecule has 21 heavy (non-hydrogen) atoms. The molecule has 1 fully saturated rings. The van der Waals surface area contributed by atoms with E-state index in [0.717, 1.165) is 5.75 Å². The molecule has 1 saturated heterocycles. The number of thioether (sulfide) groups is 1. The second kappa shape index (κ2) is 5.20. The number of nitrogens with zero attached hydrogens (tertiary/aromatic N) is 4. The van der Waals surface area contributed by atoms with Crippen molar-refractivity contribution in [1.29, 1.82) is 0 Å². The molecule has 0 spiro atoms. The minimum atomic E-state index is -0.940.